The van der Waals surface area contributed by atoms with Gasteiger partial charge in [0.2, 0.25) is 5.91 Å². The Labute approximate surface area is 138 Å². The molecule has 0 spiro atoms. The average molecular weight is 318 g/mol. The molecule has 2 amide bonds. The zero-order valence-electron chi connectivity index (χ0n) is 14.4. The van der Waals surface area contributed by atoms with Crippen molar-refractivity contribution in [1.29, 1.82) is 0 Å². The monoisotopic (exact) mass is 318 g/mol. The molecular weight excluding hydrogens is 292 g/mol. The van der Waals surface area contributed by atoms with Crippen molar-refractivity contribution in [2.24, 2.45) is 0 Å². The lowest BCUT2D eigenvalue weighted by Gasteiger charge is -2.35. The number of rotatable bonds is 3. The lowest BCUT2D eigenvalue weighted by Crippen LogP contribution is -2.58. The third kappa shape index (κ3) is 4.24. The van der Waals surface area contributed by atoms with E-state index in [4.69, 9.17) is 4.74 Å². The molecule has 0 radical (unpaired) electrons. The Balaban J connectivity index is 2.02. The van der Waals surface area contributed by atoms with Crippen LogP contribution < -0.4 is 5.32 Å². The van der Waals surface area contributed by atoms with Gasteiger partial charge in [-0.15, -0.1) is 0 Å². The van der Waals surface area contributed by atoms with E-state index in [9.17, 15) is 9.59 Å². The Bertz CT molecular complexity index is 565. The highest BCUT2D eigenvalue weighted by molar-refractivity contribution is 5.90. The Morgan fingerprint density at radius 3 is 2.52 bits per heavy atom. The van der Waals surface area contributed by atoms with Gasteiger partial charge in [0, 0.05) is 12.1 Å². The molecular formula is C18H26N2O3. The van der Waals surface area contributed by atoms with Gasteiger partial charge in [-0.1, -0.05) is 30.3 Å². The minimum absolute atomic E-state index is 0.126. The number of carbonyl (C=O) groups excluding carboxylic acids is 2. The molecule has 0 aromatic heterocycles. The molecule has 1 fully saturated rings. The van der Waals surface area contributed by atoms with E-state index in [0.29, 0.717) is 13.0 Å². The molecule has 5 heteroatoms. The lowest BCUT2D eigenvalue weighted by atomic mass is 9.96. The van der Waals surface area contributed by atoms with Crippen LogP contribution in [0, 0.1) is 0 Å². The first-order chi connectivity index (χ1) is 10.7. The summed E-state index contributed by atoms with van der Waals surface area (Å²) in [5, 5.41) is 2.97. The highest BCUT2D eigenvalue weighted by Crippen LogP contribution is 2.30. The molecule has 23 heavy (non-hydrogen) atoms. The summed E-state index contributed by atoms with van der Waals surface area (Å²) < 4.78 is 5.39. The van der Waals surface area contributed by atoms with Crippen LogP contribution in [0.5, 0.6) is 0 Å². The van der Waals surface area contributed by atoms with Crippen molar-refractivity contribution in [3.8, 4) is 0 Å². The molecule has 1 aromatic carbocycles. The Hall–Kier alpha value is -2.04. The van der Waals surface area contributed by atoms with Gasteiger partial charge < -0.3 is 10.1 Å². The van der Waals surface area contributed by atoms with Gasteiger partial charge in [-0.25, -0.2) is 4.79 Å². The summed E-state index contributed by atoms with van der Waals surface area (Å²) in [6.45, 7) is 8.36. The summed E-state index contributed by atoms with van der Waals surface area (Å²) in [4.78, 5) is 26.6. The summed E-state index contributed by atoms with van der Waals surface area (Å²) in [7, 11) is 0. The van der Waals surface area contributed by atoms with E-state index in [0.717, 1.165) is 12.0 Å². The highest BCUT2D eigenvalue weighted by atomic mass is 16.6. The number of nitrogens with zero attached hydrogens (tertiary/aromatic N) is 1. The Kier molecular flexibility index (Phi) is 4.97. The van der Waals surface area contributed by atoms with Crippen LogP contribution in [0.15, 0.2) is 30.3 Å². The molecule has 5 nitrogen and oxygen atoms in total. The van der Waals surface area contributed by atoms with Gasteiger partial charge in [0.15, 0.2) is 0 Å². The summed E-state index contributed by atoms with van der Waals surface area (Å²) in [6.07, 6.45) is 1.02. The molecule has 1 heterocycles. The summed E-state index contributed by atoms with van der Waals surface area (Å²) >= 11 is 0. The van der Waals surface area contributed by atoms with Crippen molar-refractivity contribution in [2.45, 2.75) is 58.2 Å². The maximum Gasteiger partial charge on any atom is 0.410 e. The van der Waals surface area contributed by atoms with Gasteiger partial charge in [0.05, 0.1) is 0 Å². The van der Waals surface area contributed by atoms with E-state index in [-0.39, 0.29) is 18.1 Å². The number of hydrogen-bond acceptors (Lipinski definition) is 3. The number of benzene rings is 1. The first kappa shape index (κ1) is 17.3. The Morgan fingerprint density at radius 2 is 1.91 bits per heavy atom. The second kappa shape index (κ2) is 6.60. The van der Waals surface area contributed by atoms with E-state index >= 15 is 0 Å². The quantitative estimate of drug-likeness (QED) is 0.931. The molecule has 1 N–H and O–H groups in total. The Morgan fingerprint density at radius 1 is 1.26 bits per heavy atom. The van der Waals surface area contributed by atoms with E-state index in [1.807, 2.05) is 58.0 Å². The minimum Gasteiger partial charge on any atom is -0.445 e. The maximum absolute atomic E-state index is 12.6. The molecule has 126 valence electrons. The molecule has 1 aliphatic heterocycles. The molecule has 1 atom stereocenters. The highest BCUT2D eigenvalue weighted by Gasteiger charge is 2.47. The van der Waals surface area contributed by atoms with Crippen LogP contribution in [0.2, 0.25) is 0 Å². The number of amides is 2. The van der Waals surface area contributed by atoms with Gasteiger partial charge in [0.25, 0.3) is 0 Å². The van der Waals surface area contributed by atoms with Gasteiger partial charge in [-0.2, -0.15) is 0 Å². The van der Waals surface area contributed by atoms with E-state index in [1.165, 1.54) is 0 Å². The zero-order chi connectivity index (χ0) is 17.1. The van der Waals surface area contributed by atoms with Crippen molar-refractivity contribution in [2.75, 3.05) is 6.54 Å². The van der Waals surface area contributed by atoms with Gasteiger partial charge in [-0.05, 0) is 46.1 Å². The molecule has 0 aliphatic carbocycles. The molecule has 1 unspecified atom stereocenters. The van der Waals surface area contributed by atoms with Crippen molar-refractivity contribution in [3.05, 3.63) is 35.9 Å². The topological polar surface area (TPSA) is 58.6 Å². The second-order valence-electron chi connectivity index (χ2n) is 7.27. The third-order valence-electron chi connectivity index (χ3n) is 4.04. The van der Waals surface area contributed by atoms with Crippen molar-refractivity contribution < 1.29 is 14.3 Å². The van der Waals surface area contributed by atoms with E-state index < -0.39 is 11.6 Å². The fraction of sp³-hybridized carbons (Fsp3) is 0.556. The van der Waals surface area contributed by atoms with Crippen LogP contribution in [-0.4, -0.2) is 34.5 Å². The second-order valence-corrected chi connectivity index (χ2v) is 7.27. The van der Waals surface area contributed by atoms with E-state index in [2.05, 4.69) is 5.32 Å². The minimum atomic E-state index is -0.846. The number of carbonyl (C=O) groups is 2. The van der Waals surface area contributed by atoms with Crippen LogP contribution in [0.3, 0.4) is 0 Å². The van der Waals surface area contributed by atoms with Crippen molar-refractivity contribution in [3.63, 3.8) is 0 Å². The normalized spacial score (nSPS) is 21.1. The van der Waals surface area contributed by atoms with Crippen LogP contribution in [0.1, 0.15) is 46.1 Å². The lowest BCUT2D eigenvalue weighted by molar-refractivity contribution is -0.131. The maximum atomic E-state index is 12.6. The predicted octanol–water partition coefficient (Wildman–Crippen LogP) is 3.09. The van der Waals surface area contributed by atoms with Gasteiger partial charge in [-0.3, -0.25) is 9.69 Å². The number of hydrogen-bond donors (Lipinski definition) is 1. The molecule has 1 saturated heterocycles. The molecule has 2 rings (SSSR count). The van der Waals surface area contributed by atoms with Crippen LogP contribution >= 0.6 is 0 Å². The first-order valence-electron chi connectivity index (χ1n) is 8.03. The van der Waals surface area contributed by atoms with Gasteiger partial charge >= 0.3 is 6.09 Å². The zero-order valence-corrected chi connectivity index (χ0v) is 14.4. The van der Waals surface area contributed by atoms with Crippen LogP contribution in [0.25, 0.3) is 0 Å². The number of likely N-dealkylation sites (tertiary alicyclic amines) is 1. The van der Waals surface area contributed by atoms with Gasteiger partial charge in [0.1, 0.15) is 12.1 Å². The molecule has 0 bridgehead atoms. The fourth-order valence-corrected chi connectivity index (χ4v) is 2.76. The molecule has 1 aromatic rings. The standard InChI is InChI=1S/C18H26N2O3/c1-17(2,3)19-15(21)18(4)11-8-12-20(18)16(22)23-13-14-9-6-5-7-10-14/h5-7,9-10H,8,11-13H2,1-4H3,(H,19,21). The van der Waals surface area contributed by atoms with Crippen molar-refractivity contribution in [1.82, 2.24) is 10.2 Å². The average Bonchev–Trinajstić information content (AvgIpc) is 2.87. The van der Waals surface area contributed by atoms with Crippen molar-refractivity contribution >= 4 is 12.0 Å². The number of ether oxygens (including phenoxy) is 1. The SMILES string of the molecule is CC(C)(C)NC(=O)C1(C)CCCN1C(=O)OCc1ccccc1. The van der Waals surface area contributed by atoms with Crippen LogP contribution in [-0.2, 0) is 16.1 Å². The van der Waals surface area contributed by atoms with Crippen LogP contribution in [0.4, 0.5) is 4.79 Å². The molecule has 1 aliphatic rings. The number of nitrogens with one attached hydrogen (secondary N) is 1. The third-order valence-corrected chi connectivity index (χ3v) is 4.04. The smallest absolute Gasteiger partial charge is 0.410 e. The largest absolute Gasteiger partial charge is 0.445 e. The first-order valence-corrected chi connectivity index (χ1v) is 8.03. The predicted molar refractivity (Wildman–Crippen MR) is 88.9 cm³/mol. The summed E-state index contributed by atoms with van der Waals surface area (Å²) in [5.74, 6) is -0.126. The fourth-order valence-electron chi connectivity index (χ4n) is 2.76. The summed E-state index contributed by atoms with van der Waals surface area (Å²) in [6, 6.07) is 9.53. The molecule has 0 saturated carbocycles. The summed E-state index contributed by atoms with van der Waals surface area (Å²) in [5.41, 5.74) is -0.246. The van der Waals surface area contributed by atoms with E-state index in [1.54, 1.807) is 4.90 Å².